The first-order valence-corrected chi connectivity index (χ1v) is 7.28. The first kappa shape index (κ1) is 15.3. The molecule has 1 aromatic carbocycles. The van der Waals surface area contributed by atoms with Crippen LogP contribution < -0.4 is 5.32 Å². The number of benzene rings is 1. The zero-order valence-corrected chi connectivity index (χ0v) is 12.2. The predicted octanol–water partition coefficient (Wildman–Crippen LogP) is 2.75. The highest BCUT2D eigenvalue weighted by Gasteiger charge is 2.17. The molecule has 0 aliphatic carbocycles. The maximum absolute atomic E-state index is 10.9. The van der Waals surface area contributed by atoms with Crippen molar-refractivity contribution in [1.29, 1.82) is 5.26 Å². The van der Waals surface area contributed by atoms with E-state index < -0.39 is 4.92 Å². The summed E-state index contributed by atoms with van der Waals surface area (Å²) in [4.78, 5) is 12.9. The molecule has 1 aliphatic heterocycles. The Morgan fingerprint density at radius 2 is 2.14 bits per heavy atom. The lowest BCUT2D eigenvalue weighted by atomic mass is 10.1. The van der Waals surface area contributed by atoms with Gasteiger partial charge in [0.25, 0.3) is 5.69 Å². The molecule has 1 saturated heterocycles. The van der Waals surface area contributed by atoms with Crippen LogP contribution in [0.1, 0.15) is 31.7 Å². The monoisotopic (exact) mass is 288 g/mol. The van der Waals surface area contributed by atoms with Gasteiger partial charge >= 0.3 is 0 Å². The highest BCUT2D eigenvalue weighted by Crippen LogP contribution is 2.22. The Morgan fingerprint density at radius 1 is 1.43 bits per heavy atom. The number of hydrogen-bond acceptors (Lipinski definition) is 5. The van der Waals surface area contributed by atoms with E-state index in [-0.39, 0.29) is 11.3 Å². The number of hydrogen-bond donors (Lipinski definition) is 1. The maximum atomic E-state index is 10.9. The van der Waals surface area contributed by atoms with Crippen LogP contribution in [0.15, 0.2) is 18.2 Å². The summed E-state index contributed by atoms with van der Waals surface area (Å²) >= 11 is 0. The molecule has 0 radical (unpaired) electrons. The van der Waals surface area contributed by atoms with Crippen molar-refractivity contribution >= 4 is 11.4 Å². The molecule has 0 amide bonds. The van der Waals surface area contributed by atoms with Crippen molar-refractivity contribution in [2.45, 2.75) is 32.2 Å². The molecular weight excluding hydrogens is 268 g/mol. The zero-order chi connectivity index (χ0) is 15.2. The van der Waals surface area contributed by atoms with Crippen LogP contribution in [0.4, 0.5) is 11.4 Å². The average Bonchev–Trinajstić information content (AvgIpc) is 2.53. The fourth-order valence-electron chi connectivity index (χ4n) is 2.64. The Balaban J connectivity index is 1.98. The van der Waals surface area contributed by atoms with Gasteiger partial charge in [-0.15, -0.1) is 0 Å². The second-order valence-corrected chi connectivity index (χ2v) is 5.43. The number of nitrogens with one attached hydrogen (secondary N) is 1. The Bertz CT molecular complexity index is 547. The minimum absolute atomic E-state index is 0.0922. The van der Waals surface area contributed by atoms with Gasteiger partial charge in [-0.25, -0.2) is 0 Å². The fraction of sp³-hybridized carbons (Fsp3) is 0.533. The van der Waals surface area contributed by atoms with E-state index >= 15 is 0 Å². The number of anilines is 1. The molecular formula is C15H20N4O2. The van der Waals surface area contributed by atoms with Gasteiger partial charge < -0.3 is 5.32 Å². The fourth-order valence-corrected chi connectivity index (χ4v) is 2.64. The molecule has 0 spiro atoms. The molecule has 1 aromatic rings. The van der Waals surface area contributed by atoms with Crippen LogP contribution in [0.3, 0.4) is 0 Å². The van der Waals surface area contributed by atoms with Gasteiger partial charge in [-0.1, -0.05) is 6.42 Å². The van der Waals surface area contributed by atoms with Crippen molar-refractivity contribution < 1.29 is 4.92 Å². The molecule has 21 heavy (non-hydrogen) atoms. The van der Waals surface area contributed by atoms with E-state index in [1.165, 1.54) is 31.4 Å². The number of nitriles is 1. The van der Waals surface area contributed by atoms with Crippen LogP contribution in [0.2, 0.25) is 0 Å². The van der Waals surface area contributed by atoms with Gasteiger partial charge in [-0.3, -0.25) is 15.0 Å². The topological polar surface area (TPSA) is 82.2 Å². The maximum Gasteiger partial charge on any atom is 0.289 e. The third kappa shape index (κ3) is 3.92. The number of nitrogens with zero attached hydrogens (tertiary/aromatic N) is 3. The molecule has 0 bridgehead atoms. The number of nitro benzene ring substituents is 1. The number of nitro groups is 1. The van der Waals surface area contributed by atoms with Gasteiger partial charge in [0, 0.05) is 24.3 Å². The number of rotatable bonds is 5. The van der Waals surface area contributed by atoms with Crippen molar-refractivity contribution in [3.63, 3.8) is 0 Å². The lowest BCUT2D eigenvalue weighted by Crippen LogP contribution is -2.41. The van der Waals surface area contributed by atoms with Crippen LogP contribution in [-0.2, 0) is 0 Å². The third-order valence-corrected chi connectivity index (χ3v) is 3.93. The summed E-state index contributed by atoms with van der Waals surface area (Å²) in [5.74, 6) is 0. The first-order chi connectivity index (χ1) is 10.1. The summed E-state index contributed by atoms with van der Waals surface area (Å²) in [5, 5.41) is 23.0. The molecule has 0 saturated carbocycles. The summed E-state index contributed by atoms with van der Waals surface area (Å²) < 4.78 is 0. The van der Waals surface area contributed by atoms with E-state index in [4.69, 9.17) is 5.26 Å². The van der Waals surface area contributed by atoms with E-state index in [0.29, 0.717) is 11.7 Å². The van der Waals surface area contributed by atoms with Gasteiger partial charge in [0.1, 0.15) is 11.6 Å². The van der Waals surface area contributed by atoms with E-state index in [1.54, 1.807) is 6.07 Å². The van der Waals surface area contributed by atoms with Crippen molar-refractivity contribution in [2.24, 2.45) is 0 Å². The van der Waals surface area contributed by atoms with Crippen LogP contribution >= 0.6 is 0 Å². The van der Waals surface area contributed by atoms with Gasteiger partial charge in [0.15, 0.2) is 0 Å². The van der Waals surface area contributed by atoms with Gasteiger partial charge in [-0.05, 0) is 45.0 Å². The molecule has 6 nitrogen and oxygen atoms in total. The van der Waals surface area contributed by atoms with Crippen LogP contribution in [-0.4, -0.2) is 35.5 Å². The second-order valence-electron chi connectivity index (χ2n) is 5.43. The summed E-state index contributed by atoms with van der Waals surface area (Å²) in [5.41, 5.74) is 0.632. The van der Waals surface area contributed by atoms with E-state index in [9.17, 15) is 10.1 Å². The van der Waals surface area contributed by atoms with Gasteiger partial charge in [0.2, 0.25) is 0 Å². The summed E-state index contributed by atoms with van der Waals surface area (Å²) in [6.07, 6.45) is 3.79. The molecule has 1 heterocycles. The van der Waals surface area contributed by atoms with Crippen LogP contribution in [0.5, 0.6) is 0 Å². The Labute approximate surface area is 124 Å². The molecule has 1 fully saturated rings. The minimum atomic E-state index is -0.516. The lowest BCUT2D eigenvalue weighted by Gasteiger charge is -2.32. The minimum Gasteiger partial charge on any atom is -0.383 e. The Kier molecular flexibility index (Phi) is 5.12. The Morgan fingerprint density at radius 3 is 2.76 bits per heavy atom. The van der Waals surface area contributed by atoms with E-state index in [1.807, 2.05) is 6.07 Å². The quantitative estimate of drug-likeness (QED) is 0.665. The van der Waals surface area contributed by atoms with Crippen molar-refractivity contribution in [2.75, 3.05) is 25.0 Å². The van der Waals surface area contributed by atoms with E-state index in [2.05, 4.69) is 17.1 Å². The molecule has 0 aromatic heterocycles. The normalized spacial score (nSPS) is 17.0. The highest BCUT2D eigenvalue weighted by atomic mass is 16.6. The Hall–Kier alpha value is -2.13. The molecule has 1 N–H and O–H groups in total. The largest absolute Gasteiger partial charge is 0.383 e. The van der Waals surface area contributed by atoms with Crippen molar-refractivity contribution in [1.82, 2.24) is 4.90 Å². The third-order valence-electron chi connectivity index (χ3n) is 3.93. The molecule has 1 atom stereocenters. The first-order valence-electron chi connectivity index (χ1n) is 7.28. The zero-order valence-electron chi connectivity index (χ0n) is 12.2. The molecule has 6 heteroatoms. The summed E-state index contributed by atoms with van der Waals surface area (Å²) in [6, 6.07) is 6.87. The van der Waals surface area contributed by atoms with Crippen LogP contribution in [0, 0.1) is 21.4 Å². The smallest absolute Gasteiger partial charge is 0.289 e. The highest BCUT2D eigenvalue weighted by molar-refractivity contribution is 5.59. The molecule has 2 rings (SSSR count). The van der Waals surface area contributed by atoms with Crippen molar-refractivity contribution in [3.8, 4) is 6.07 Å². The van der Waals surface area contributed by atoms with Gasteiger partial charge in [-0.2, -0.15) is 5.26 Å². The van der Waals surface area contributed by atoms with Crippen LogP contribution in [0.25, 0.3) is 0 Å². The van der Waals surface area contributed by atoms with Crippen molar-refractivity contribution in [3.05, 3.63) is 33.9 Å². The van der Waals surface area contributed by atoms with Gasteiger partial charge in [0.05, 0.1) is 4.92 Å². The number of likely N-dealkylation sites (tertiary alicyclic amines) is 1. The average molecular weight is 288 g/mol. The van der Waals surface area contributed by atoms with E-state index in [0.717, 1.165) is 19.6 Å². The molecule has 1 aliphatic rings. The summed E-state index contributed by atoms with van der Waals surface area (Å²) in [6.45, 7) is 5.15. The standard InChI is InChI=1S/C15H20N4O2/c1-12(18-7-3-2-4-8-18)11-17-14-6-5-13(10-16)15(9-14)19(20)21/h5-6,9,12,17H,2-4,7-8,11H2,1H3. The summed E-state index contributed by atoms with van der Waals surface area (Å²) in [7, 11) is 0. The lowest BCUT2D eigenvalue weighted by molar-refractivity contribution is -0.385. The number of piperidine rings is 1. The SMILES string of the molecule is CC(CNc1ccc(C#N)c([N+](=O)[O-])c1)N1CCCCC1. The second kappa shape index (κ2) is 7.04. The molecule has 112 valence electrons. The predicted molar refractivity (Wildman–Crippen MR) is 81.2 cm³/mol. The molecule has 1 unspecified atom stereocenters.